The van der Waals surface area contributed by atoms with E-state index in [-0.39, 0.29) is 5.41 Å². The summed E-state index contributed by atoms with van der Waals surface area (Å²) in [6.45, 7) is 6.64. The second-order valence-electron chi connectivity index (χ2n) is 11.2. The molecule has 5 aromatic carbocycles. The van der Waals surface area contributed by atoms with E-state index in [2.05, 4.69) is 86.0 Å². The fourth-order valence-electron chi connectivity index (χ4n) is 5.66. The lowest BCUT2D eigenvalue weighted by Crippen LogP contribution is -2.10. The second kappa shape index (κ2) is 8.42. The number of hydrogen-bond acceptors (Lipinski definition) is 3. The maximum atomic E-state index is 7.06. The first-order valence-electron chi connectivity index (χ1n) is 13.0. The summed E-state index contributed by atoms with van der Waals surface area (Å²) in [6, 6.07) is 27.4. The van der Waals surface area contributed by atoms with Crippen molar-refractivity contribution >= 4 is 66.1 Å². The van der Waals surface area contributed by atoms with Crippen molar-refractivity contribution in [1.29, 1.82) is 0 Å². The number of halogens is 1. The van der Waals surface area contributed by atoms with E-state index in [1.54, 1.807) is 14.2 Å². The van der Waals surface area contributed by atoms with Gasteiger partial charge >= 0.3 is 0 Å². The van der Waals surface area contributed by atoms with Gasteiger partial charge in [-0.05, 0) is 82.4 Å². The van der Waals surface area contributed by atoms with Gasteiger partial charge in [-0.2, -0.15) is 0 Å². The Morgan fingerprint density at radius 3 is 2.13 bits per heavy atom. The third-order valence-corrected chi connectivity index (χ3v) is 8.06. The summed E-state index contributed by atoms with van der Waals surface area (Å²) in [7, 11) is 3.36. The van der Waals surface area contributed by atoms with Crippen LogP contribution in [0.3, 0.4) is 0 Å². The van der Waals surface area contributed by atoms with Crippen LogP contribution in [0.5, 0.6) is 11.5 Å². The van der Waals surface area contributed by atoms with Gasteiger partial charge in [-0.3, -0.25) is 0 Å². The molecule has 0 spiro atoms. The molecule has 0 aliphatic heterocycles. The first-order valence-corrected chi connectivity index (χ1v) is 13.4. The monoisotopic (exact) mass is 533 g/mol. The van der Waals surface area contributed by atoms with Crippen LogP contribution in [0.1, 0.15) is 26.3 Å². The van der Waals surface area contributed by atoms with Gasteiger partial charge in [0.05, 0.1) is 30.3 Å². The smallest absolute Gasteiger partial charge is 0.139 e. The van der Waals surface area contributed by atoms with Gasteiger partial charge in [0.25, 0.3) is 0 Å². The summed E-state index contributed by atoms with van der Waals surface area (Å²) in [5, 5.41) is 7.40. The Bertz CT molecular complexity index is 2090. The summed E-state index contributed by atoms with van der Waals surface area (Å²) in [5.74, 6) is 1.58. The third kappa shape index (κ3) is 3.66. The number of rotatable bonds is 3. The molecular formula is C34H28ClNO3. The van der Waals surface area contributed by atoms with Crippen molar-refractivity contribution in [1.82, 2.24) is 4.57 Å². The highest BCUT2D eigenvalue weighted by Crippen LogP contribution is 2.41. The van der Waals surface area contributed by atoms with Crippen LogP contribution in [0, 0.1) is 0 Å². The molecule has 194 valence electrons. The highest BCUT2D eigenvalue weighted by Gasteiger charge is 2.21. The standard InChI is InChI=1S/C34H28ClNO3/c1-34(2,3)21-15-28-25-10-8-23(37-4)17-30(25)36(33(28)29(35)16-21)22-7-6-19-13-27-26-11-9-24(38-5)18-32(26)39-31(27)14-20(19)12-22/h6-18H,1-5H3. The number of hydrogen-bond donors (Lipinski definition) is 0. The Hall–Kier alpha value is -4.15. The highest BCUT2D eigenvalue weighted by atomic mass is 35.5. The van der Waals surface area contributed by atoms with Crippen molar-refractivity contribution in [3.8, 4) is 17.2 Å². The maximum Gasteiger partial charge on any atom is 0.139 e. The third-order valence-electron chi connectivity index (χ3n) is 7.77. The highest BCUT2D eigenvalue weighted by molar-refractivity contribution is 6.36. The molecule has 2 aromatic heterocycles. The van der Waals surface area contributed by atoms with E-state index in [4.69, 9.17) is 25.5 Å². The van der Waals surface area contributed by atoms with Gasteiger partial charge in [0.2, 0.25) is 0 Å². The SMILES string of the molecule is COc1ccc2c(c1)oc1cc3cc(-n4c5cc(OC)ccc5c5cc(C(C)(C)C)cc(Cl)c54)ccc3cc12. The lowest BCUT2D eigenvalue weighted by atomic mass is 9.86. The van der Waals surface area contributed by atoms with Crippen LogP contribution in [0.15, 0.2) is 83.3 Å². The van der Waals surface area contributed by atoms with E-state index < -0.39 is 0 Å². The van der Waals surface area contributed by atoms with Crippen LogP contribution >= 0.6 is 11.6 Å². The molecule has 39 heavy (non-hydrogen) atoms. The minimum absolute atomic E-state index is 0.0242. The zero-order chi connectivity index (χ0) is 27.1. The molecule has 0 radical (unpaired) electrons. The van der Waals surface area contributed by atoms with Gasteiger partial charge < -0.3 is 18.5 Å². The molecule has 0 saturated carbocycles. The van der Waals surface area contributed by atoms with Crippen molar-refractivity contribution < 1.29 is 13.9 Å². The number of methoxy groups -OCH3 is 2. The van der Waals surface area contributed by atoms with Crippen LogP contribution in [-0.4, -0.2) is 18.8 Å². The van der Waals surface area contributed by atoms with E-state index in [1.165, 1.54) is 5.56 Å². The molecule has 2 heterocycles. The van der Waals surface area contributed by atoms with Crippen molar-refractivity contribution in [2.24, 2.45) is 0 Å². The van der Waals surface area contributed by atoms with E-state index in [9.17, 15) is 0 Å². The predicted molar refractivity (Wildman–Crippen MR) is 162 cm³/mol. The van der Waals surface area contributed by atoms with Crippen LogP contribution in [-0.2, 0) is 5.41 Å². The number of ether oxygens (including phenoxy) is 2. The van der Waals surface area contributed by atoms with Gasteiger partial charge in [0, 0.05) is 39.4 Å². The normalized spacial score (nSPS) is 12.4. The molecule has 0 unspecified atom stereocenters. The average Bonchev–Trinajstić information content (AvgIpc) is 3.45. The largest absolute Gasteiger partial charge is 0.497 e. The molecule has 0 aliphatic carbocycles. The summed E-state index contributed by atoms with van der Waals surface area (Å²) < 4.78 is 19.5. The van der Waals surface area contributed by atoms with E-state index in [0.717, 1.165) is 76.7 Å². The Kier molecular flexibility index (Phi) is 5.17. The molecule has 0 N–H and O–H groups in total. The van der Waals surface area contributed by atoms with Crippen molar-refractivity contribution in [3.63, 3.8) is 0 Å². The molecule has 0 fully saturated rings. The molecule has 0 saturated heterocycles. The predicted octanol–water partition coefficient (Wildman–Crippen LogP) is 9.80. The van der Waals surface area contributed by atoms with Crippen LogP contribution < -0.4 is 9.47 Å². The second-order valence-corrected chi connectivity index (χ2v) is 11.6. The number of benzene rings is 5. The molecule has 0 amide bonds. The zero-order valence-corrected chi connectivity index (χ0v) is 23.3. The average molecular weight is 534 g/mol. The van der Waals surface area contributed by atoms with Crippen LogP contribution in [0.2, 0.25) is 5.02 Å². The minimum atomic E-state index is -0.0242. The van der Waals surface area contributed by atoms with E-state index >= 15 is 0 Å². The molecule has 7 aromatic rings. The lowest BCUT2D eigenvalue weighted by Gasteiger charge is -2.20. The topological polar surface area (TPSA) is 36.5 Å². The summed E-state index contributed by atoms with van der Waals surface area (Å²) in [4.78, 5) is 0. The Morgan fingerprint density at radius 2 is 1.38 bits per heavy atom. The lowest BCUT2D eigenvalue weighted by molar-refractivity contribution is 0.414. The Balaban J connectivity index is 1.51. The van der Waals surface area contributed by atoms with Crippen molar-refractivity contribution in [2.45, 2.75) is 26.2 Å². The van der Waals surface area contributed by atoms with Crippen molar-refractivity contribution in [2.75, 3.05) is 14.2 Å². The van der Waals surface area contributed by atoms with Gasteiger partial charge in [-0.25, -0.2) is 0 Å². The Labute approximate surface area is 231 Å². The number of nitrogens with zero attached hydrogens (tertiary/aromatic N) is 1. The maximum absolute atomic E-state index is 7.06. The number of furan rings is 1. The first kappa shape index (κ1) is 23.9. The van der Waals surface area contributed by atoms with Crippen LogP contribution in [0.25, 0.3) is 60.2 Å². The van der Waals surface area contributed by atoms with Crippen LogP contribution in [0.4, 0.5) is 0 Å². The molecule has 0 bridgehead atoms. The molecule has 7 rings (SSSR count). The van der Waals surface area contributed by atoms with Gasteiger partial charge in [0.1, 0.15) is 22.7 Å². The quantitative estimate of drug-likeness (QED) is 0.227. The fourth-order valence-corrected chi connectivity index (χ4v) is 5.96. The summed E-state index contributed by atoms with van der Waals surface area (Å²) >= 11 is 7.06. The van der Waals surface area contributed by atoms with E-state index in [1.807, 2.05) is 18.2 Å². The molecule has 5 heteroatoms. The molecular weight excluding hydrogens is 506 g/mol. The van der Waals surface area contributed by atoms with Gasteiger partial charge in [-0.1, -0.05) is 38.4 Å². The molecule has 4 nitrogen and oxygen atoms in total. The first-order chi connectivity index (χ1) is 18.7. The molecule has 0 atom stereocenters. The van der Waals surface area contributed by atoms with Gasteiger partial charge in [0.15, 0.2) is 0 Å². The van der Waals surface area contributed by atoms with Gasteiger partial charge in [-0.15, -0.1) is 0 Å². The van der Waals surface area contributed by atoms with Crippen molar-refractivity contribution in [3.05, 3.63) is 89.4 Å². The summed E-state index contributed by atoms with van der Waals surface area (Å²) in [6.07, 6.45) is 0. The number of fused-ring (bicyclic) bond motifs is 7. The zero-order valence-electron chi connectivity index (χ0n) is 22.6. The fraction of sp³-hybridized carbons (Fsp3) is 0.176. The van der Waals surface area contributed by atoms with E-state index in [0.29, 0.717) is 0 Å². The number of aromatic nitrogens is 1. The Morgan fingerprint density at radius 1 is 0.667 bits per heavy atom. The molecule has 0 aliphatic rings. The minimum Gasteiger partial charge on any atom is -0.497 e. The summed E-state index contributed by atoms with van der Waals surface area (Å²) in [5.41, 5.74) is 5.91.